The highest BCUT2D eigenvalue weighted by molar-refractivity contribution is 9.10. The molecule has 0 aromatic heterocycles. The summed E-state index contributed by atoms with van der Waals surface area (Å²) in [6.45, 7) is 2.55. The van der Waals surface area contributed by atoms with E-state index < -0.39 is 5.97 Å². The normalized spacial score (nSPS) is 10.2. The first-order valence-corrected chi connectivity index (χ1v) is 8.78. The van der Waals surface area contributed by atoms with Gasteiger partial charge in [-0.05, 0) is 46.6 Å². The van der Waals surface area contributed by atoms with Crippen LogP contribution >= 0.6 is 15.9 Å². The van der Waals surface area contributed by atoms with Gasteiger partial charge in [-0.25, -0.2) is 4.79 Å². The summed E-state index contributed by atoms with van der Waals surface area (Å²) in [5.41, 5.74) is 0.297. The summed E-state index contributed by atoms with van der Waals surface area (Å²) >= 11 is 3.42. The Balaban J connectivity index is 2.35. The predicted octanol–water partition coefficient (Wildman–Crippen LogP) is 4.48. The van der Waals surface area contributed by atoms with Crippen LogP contribution < -0.4 is 23.7 Å². The molecule has 0 aliphatic heterocycles. The molecule has 0 fully saturated rings. The largest absolute Gasteiger partial charge is 0.493 e. The van der Waals surface area contributed by atoms with Crippen LogP contribution in [-0.2, 0) is 0 Å². The van der Waals surface area contributed by atoms with E-state index in [1.807, 2.05) is 6.92 Å². The predicted molar refractivity (Wildman–Crippen MR) is 101 cm³/mol. The number of carbonyl (C=O) groups is 1. The summed E-state index contributed by atoms with van der Waals surface area (Å²) in [6.07, 6.45) is 0.854. The highest BCUT2D eigenvalue weighted by atomic mass is 79.9. The molecule has 2 aromatic rings. The standard InChI is InChI=1S/C19H21BrO6/c1-5-9-25-17-13(20)10-12(11-16(17)24-4)19(21)26-18-14(22-2)7-6-8-15(18)23-3/h6-8,10-11H,5,9H2,1-4H3. The average molecular weight is 425 g/mol. The minimum atomic E-state index is -0.575. The summed E-state index contributed by atoms with van der Waals surface area (Å²) in [4.78, 5) is 12.6. The Bertz CT molecular complexity index is 753. The third kappa shape index (κ3) is 4.40. The van der Waals surface area contributed by atoms with Crippen molar-refractivity contribution < 1.29 is 28.5 Å². The van der Waals surface area contributed by atoms with Gasteiger partial charge < -0.3 is 23.7 Å². The molecule has 0 unspecified atom stereocenters. The van der Waals surface area contributed by atoms with Gasteiger partial charge in [-0.15, -0.1) is 0 Å². The van der Waals surface area contributed by atoms with Crippen molar-refractivity contribution in [3.63, 3.8) is 0 Å². The number of halogens is 1. The maximum Gasteiger partial charge on any atom is 0.343 e. The van der Waals surface area contributed by atoms with E-state index in [1.54, 1.807) is 30.3 Å². The second-order valence-electron chi connectivity index (χ2n) is 5.22. The van der Waals surface area contributed by atoms with Crippen LogP contribution in [0.2, 0.25) is 0 Å². The maximum atomic E-state index is 12.6. The van der Waals surface area contributed by atoms with Crippen molar-refractivity contribution in [3.05, 3.63) is 40.4 Å². The Hall–Kier alpha value is -2.41. The molecule has 0 saturated heterocycles. The van der Waals surface area contributed by atoms with Crippen LogP contribution in [-0.4, -0.2) is 33.9 Å². The van der Waals surface area contributed by atoms with Crippen LogP contribution in [0.25, 0.3) is 0 Å². The van der Waals surface area contributed by atoms with Crippen LogP contribution in [0.15, 0.2) is 34.8 Å². The Kier molecular flexibility index (Phi) is 7.15. The molecule has 0 atom stereocenters. The van der Waals surface area contributed by atoms with Gasteiger partial charge in [-0.2, -0.15) is 0 Å². The zero-order chi connectivity index (χ0) is 19.1. The third-order valence-electron chi connectivity index (χ3n) is 3.49. The molecule has 0 N–H and O–H groups in total. The number of benzene rings is 2. The fraction of sp³-hybridized carbons (Fsp3) is 0.316. The Morgan fingerprint density at radius 1 is 0.962 bits per heavy atom. The van der Waals surface area contributed by atoms with Crippen LogP contribution in [0.3, 0.4) is 0 Å². The van der Waals surface area contributed by atoms with Crippen molar-refractivity contribution >= 4 is 21.9 Å². The number of hydrogen-bond acceptors (Lipinski definition) is 6. The molecule has 6 nitrogen and oxygen atoms in total. The molecule has 0 amide bonds. The Morgan fingerprint density at radius 3 is 2.12 bits per heavy atom. The van der Waals surface area contributed by atoms with Crippen molar-refractivity contribution in [2.24, 2.45) is 0 Å². The molecule has 0 heterocycles. The number of ether oxygens (including phenoxy) is 5. The van der Waals surface area contributed by atoms with Crippen LogP contribution in [0.4, 0.5) is 0 Å². The molecule has 7 heteroatoms. The summed E-state index contributed by atoms with van der Waals surface area (Å²) < 4.78 is 27.6. The molecule has 0 aliphatic rings. The van der Waals surface area contributed by atoms with E-state index in [-0.39, 0.29) is 5.75 Å². The van der Waals surface area contributed by atoms with E-state index >= 15 is 0 Å². The third-order valence-corrected chi connectivity index (χ3v) is 4.08. The monoisotopic (exact) mass is 424 g/mol. The zero-order valence-corrected chi connectivity index (χ0v) is 16.7. The van der Waals surface area contributed by atoms with E-state index in [0.717, 1.165) is 6.42 Å². The number of rotatable bonds is 8. The van der Waals surface area contributed by atoms with Gasteiger partial charge in [0.2, 0.25) is 5.75 Å². The maximum absolute atomic E-state index is 12.6. The van der Waals surface area contributed by atoms with E-state index in [4.69, 9.17) is 23.7 Å². The zero-order valence-electron chi connectivity index (χ0n) is 15.1. The minimum Gasteiger partial charge on any atom is -0.493 e. The molecule has 140 valence electrons. The number of carbonyl (C=O) groups excluding carboxylic acids is 1. The van der Waals surface area contributed by atoms with Crippen molar-refractivity contribution in [2.75, 3.05) is 27.9 Å². The number of methoxy groups -OCH3 is 3. The molecule has 0 radical (unpaired) electrons. The lowest BCUT2D eigenvalue weighted by molar-refractivity contribution is 0.0723. The lowest BCUT2D eigenvalue weighted by atomic mass is 10.2. The van der Waals surface area contributed by atoms with Gasteiger partial charge in [0.25, 0.3) is 0 Å². The van der Waals surface area contributed by atoms with Crippen molar-refractivity contribution in [2.45, 2.75) is 13.3 Å². The van der Waals surface area contributed by atoms with Gasteiger partial charge in [0.05, 0.1) is 38.0 Å². The molecule has 0 aliphatic carbocycles. The molecule has 26 heavy (non-hydrogen) atoms. The average Bonchev–Trinajstić information content (AvgIpc) is 2.66. The van der Waals surface area contributed by atoms with Crippen LogP contribution in [0, 0.1) is 0 Å². The minimum absolute atomic E-state index is 0.212. The molecule has 0 saturated carbocycles. The first-order valence-electron chi connectivity index (χ1n) is 7.99. The number of hydrogen-bond donors (Lipinski definition) is 0. The first kappa shape index (κ1) is 19.9. The van der Waals surface area contributed by atoms with Crippen LogP contribution in [0.5, 0.6) is 28.7 Å². The summed E-state index contributed by atoms with van der Waals surface area (Å²) in [5, 5.41) is 0. The lowest BCUT2D eigenvalue weighted by Gasteiger charge is -2.15. The van der Waals surface area contributed by atoms with E-state index in [2.05, 4.69) is 15.9 Å². The number of esters is 1. The highest BCUT2D eigenvalue weighted by Gasteiger charge is 2.20. The Labute approximate surface area is 161 Å². The topological polar surface area (TPSA) is 63.2 Å². The van der Waals surface area contributed by atoms with Gasteiger partial charge in [0.15, 0.2) is 23.0 Å². The molecule has 2 aromatic carbocycles. The smallest absolute Gasteiger partial charge is 0.343 e. The van der Waals surface area contributed by atoms with Crippen LogP contribution in [0.1, 0.15) is 23.7 Å². The summed E-state index contributed by atoms with van der Waals surface area (Å²) in [5.74, 6) is 1.41. The molecule has 2 rings (SSSR count). The fourth-order valence-electron chi connectivity index (χ4n) is 2.25. The van der Waals surface area contributed by atoms with Crippen molar-refractivity contribution in [1.29, 1.82) is 0 Å². The van der Waals surface area contributed by atoms with E-state index in [1.165, 1.54) is 21.3 Å². The first-order chi connectivity index (χ1) is 12.5. The van der Waals surface area contributed by atoms with Gasteiger partial charge in [0, 0.05) is 0 Å². The summed E-state index contributed by atoms with van der Waals surface area (Å²) in [6, 6.07) is 8.30. The fourth-order valence-corrected chi connectivity index (χ4v) is 2.81. The second kappa shape index (κ2) is 9.33. The highest BCUT2D eigenvalue weighted by Crippen LogP contribution is 2.39. The molecular formula is C19H21BrO6. The van der Waals surface area contributed by atoms with Gasteiger partial charge >= 0.3 is 5.97 Å². The van der Waals surface area contributed by atoms with Gasteiger partial charge in [-0.3, -0.25) is 0 Å². The lowest BCUT2D eigenvalue weighted by Crippen LogP contribution is -2.11. The molecule has 0 bridgehead atoms. The van der Waals surface area contributed by atoms with Gasteiger partial charge in [-0.1, -0.05) is 13.0 Å². The second-order valence-corrected chi connectivity index (χ2v) is 6.07. The number of para-hydroxylation sites is 1. The Morgan fingerprint density at radius 2 is 1.58 bits per heavy atom. The quantitative estimate of drug-likeness (QED) is 0.459. The van der Waals surface area contributed by atoms with E-state index in [9.17, 15) is 4.79 Å². The van der Waals surface area contributed by atoms with Gasteiger partial charge in [0.1, 0.15) is 0 Å². The van der Waals surface area contributed by atoms with Crippen molar-refractivity contribution in [1.82, 2.24) is 0 Å². The van der Waals surface area contributed by atoms with Crippen molar-refractivity contribution in [3.8, 4) is 28.7 Å². The van der Waals surface area contributed by atoms with E-state index in [0.29, 0.717) is 39.6 Å². The SMILES string of the molecule is CCCOc1c(Br)cc(C(=O)Oc2c(OC)cccc2OC)cc1OC. The molecule has 0 spiro atoms. The molecular weight excluding hydrogens is 404 g/mol. The summed E-state index contributed by atoms with van der Waals surface area (Å²) in [7, 11) is 4.50.